The van der Waals surface area contributed by atoms with Gasteiger partial charge in [0.05, 0.1) is 11.1 Å². The number of aliphatic hydroxyl groups is 1. The number of hydrogen-bond donors (Lipinski definition) is 4. The Kier molecular flexibility index (Phi) is 14.2. The van der Waals surface area contributed by atoms with E-state index < -0.39 is 29.8 Å². The fourth-order valence-electron chi connectivity index (χ4n) is 12.6. The number of carboxylic acids is 1. The molecule has 6 heterocycles. The summed E-state index contributed by atoms with van der Waals surface area (Å²) in [5.41, 5.74) is 6.17. The highest BCUT2D eigenvalue weighted by Crippen LogP contribution is 2.52. The highest BCUT2D eigenvalue weighted by atomic mass is 19.4. The van der Waals surface area contributed by atoms with Crippen LogP contribution < -0.4 is 40.2 Å². The van der Waals surface area contributed by atoms with E-state index in [4.69, 9.17) is 9.47 Å². The van der Waals surface area contributed by atoms with Crippen molar-refractivity contribution in [1.29, 1.82) is 0 Å². The van der Waals surface area contributed by atoms with Gasteiger partial charge in [-0.2, -0.15) is 13.2 Å². The number of amides is 2. The number of anilines is 1. The quantitative estimate of drug-likeness (QED) is 0.0520. The number of fused-ring (bicyclic) bond motifs is 5. The number of aryl methyl sites for hydroxylation is 2. The second kappa shape index (κ2) is 21.5. The number of carbonyl (C=O) groups excluding carboxylic acids is 2. The highest BCUT2D eigenvalue weighted by Gasteiger charge is 2.65. The Hall–Kier alpha value is -7.63. The highest BCUT2D eigenvalue weighted by molar-refractivity contribution is 6.03. The van der Waals surface area contributed by atoms with Gasteiger partial charge in [-0.15, -0.1) is 10.2 Å². The predicted octanol–water partition coefficient (Wildman–Crippen LogP) is 8.11. The van der Waals surface area contributed by atoms with E-state index in [1.165, 1.54) is 63.5 Å². The molecule has 0 radical (unpaired) electrons. The third-order valence-electron chi connectivity index (χ3n) is 16.5. The summed E-state index contributed by atoms with van der Waals surface area (Å²) in [7, 11) is 0. The molecule has 0 fully saturated rings. The van der Waals surface area contributed by atoms with Crippen molar-refractivity contribution >= 4 is 39.8 Å². The summed E-state index contributed by atoms with van der Waals surface area (Å²) in [4.78, 5) is 46.0. The molecule has 14 nitrogen and oxygen atoms in total. The van der Waals surface area contributed by atoms with Gasteiger partial charge < -0.3 is 40.1 Å². The number of aromatic carboxylic acids is 1. The molecular weight excluding hydrogens is 1010 g/mol. The smallest absolute Gasteiger partial charge is 0.442 e. The molecule has 0 unspecified atom stereocenters. The Morgan fingerprint density at radius 3 is 2.41 bits per heavy atom. The van der Waals surface area contributed by atoms with E-state index in [-0.39, 0.29) is 68.3 Å². The van der Waals surface area contributed by atoms with E-state index in [2.05, 4.69) is 42.5 Å². The van der Waals surface area contributed by atoms with Gasteiger partial charge >= 0.3 is 17.8 Å². The number of carboxylic acid groups (broad SMARTS) is 1. The predicted molar refractivity (Wildman–Crippen MR) is 293 cm³/mol. The normalized spacial score (nSPS) is 17.0. The molecule has 0 aromatic heterocycles. The van der Waals surface area contributed by atoms with Crippen LogP contribution in [0.3, 0.4) is 0 Å². The maximum atomic E-state index is 14.5. The van der Waals surface area contributed by atoms with Crippen LogP contribution in [0.1, 0.15) is 110 Å². The number of hydrogen-bond acceptors (Lipinski definition) is 10. The molecule has 2 amide bonds. The maximum Gasteiger partial charge on any atom is 0.442 e. The Labute approximate surface area is 455 Å². The molecule has 17 heteroatoms. The molecule has 0 spiro atoms. The van der Waals surface area contributed by atoms with Gasteiger partial charge in [-0.05, 0) is 110 Å². The number of carbonyl (C=O) groups is 3. The average Bonchev–Trinajstić information content (AvgIpc) is 4.42. The zero-order chi connectivity index (χ0) is 54.4. The van der Waals surface area contributed by atoms with Crippen molar-refractivity contribution < 1.29 is 47.2 Å². The summed E-state index contributed by atoms with van der Waals surface area (Å²) < 4.78 is 57.3. The van der Waals surface area contributed by atoms with E-state index >= 15 is 0 Å². The third kappa shape index (κ3) is 10.1. The fourth-order valence-corrected chi connectivity index (χ4v) is 12.6. The van der Waals surface area contributed by atoms with Crippen molar-refractivity contribution in [3.63, 3.8) is 0 Å². The van der Waals surface area contributed by atoms with Crippen molar-refractivity contribution in [2.75, 3.05) is 63.9 Å². The fraction of sp³-hybridized carbons (Fsp3) is 0.387. The second-order valence-electron chi connectivity index (χ2n) is 21.7. The zero-order valence-corrected chi connectivity index (χ0v) is 44.0. The zero-order valence-electron chi connectivity index (χ0n) is 44.0. The first kappa shape index (κ1) is 52.1. The first-order valence-corrected chi connectivity index (χ1v) is 27.8. The van der Waals surface area contributed by atoms with Crippen LogP contribution in [-0.2, 0) is 42.7 Å². The van der Waals surface area contributed by atoms with Gasteiger partial charge in [0.1, 0.15) is 43.0 Å². The molecule has 4 N–H and O–H groups in total. The van der Waals surface area contributed by atoms with Gasteiger partial charge in [0.15, 0.2) is 0 Å². The van der Waals surface area contributed by atoms with Crippen LogP contribution in [0.2, 0.25) is 0 Å². The van der Waals surface area contributed by atoms with Gasteiger partial charge in [0.2, 0.25) is 11.3 Å². The van der Waals surface area contributed by atoms with Crippen molar-refractivity contribution in [3.8, 4) is 17.2 Å². The number of ether oxygens (including phenoxy) is 2. The molecule has 0 bridgehead atoms. The molecule has 0 aliphatic carbocycles. The number of aliphatic hydroxyl groups excluding tert-OH is 1. The van der Waals surface area contributed by atoms with E-state index in [1.807, 2.05) is 42.5 Å². The molecule has 0 saturated heterocycles. The van der Waals surface area contributed by atoms with Gasteiger partial charge in [-0.1, -0.05) is 60.7 Å². The Balaban J connectivity index is 0.815. The van der Waals surface area contributed by atoms with Crippen LogP contribution in [0.25, 0.3) is 16.3 Å². The van der Waals surface area contributed by atoms with Crippen molar-refractivity contribution in [2.45, 2.75) is 95.1 Å². The lowest BCUT2D eigenvalue weighted by Crippen LogP contribution is -2.41. The monoisotopic (exact) mass is 1070 g/mol. The number of alkyl halides is 3. The number of halogens is 3. The van der Waals surface area contributed by atoms with E-state index in [1.54, 1.807) is 6.07 Å². The molecule has 6 aliphatic rings. The molecule has 0 saturated carbocycles. The summed E-state index contributed by atoms with van der Waals surface area (Å²) in [6, 6.07) is 28.3. The summed E-state index contributed by atoms with van der Waals surface area (Å²) in [6.07, 6.45) is 4.07. The minimum atomic E-state index is -4.70. The Bertz CT molecular complexity index is 3570. The first-order chi connectivity index (χ1) is 38.3. The second-order valence-corrected chi connectivity index (χ2v) is 21.7. The van der Waals surface area contributed by atoms with Gasteiger partial charge in [0, 0.05) is 115 Å². The molecular formula is C62H63F3N7O7+. The summed E-state index contributed by atoms with van der Waals surface area (Å²) in [5.74, 6) is 0.300. The first-order valence-electron chi connectivity index (χ1n) is 27.8. The van der Waals surface area contributed by atoms with Crippen molar-refractivity contribution in [3.05, 3.63) is 163 Å². The van der Waals surface area contributed by atoms with Crippen LogP contribution in [0.15, 0.2) is 107 Å². The lowest BCUT2D eigenvalue weighted by Gasteiger charge is -2.35. The topological polar surface area (TPSA) is 168 Å². The van der Waals surface area contributed by atoms with E-state index in [0.29, 0.717) is 16.9 Å². The van der Waals surface area contributed by atoms with E-state index in [0.717, 1.165) is 140 Å². The van der Waals surface area contributed by atoms with Crippen LogP contribution in [0.4, 0.5) is 18.9 Å². The number of nitrogens with one attached hydrogen (secondary N) is 2. The Morgan fingerprint density at radius 2 is 1.58 bits per heavy atom. The standard InChI is InChI=1S/C62H62F3N7O7/c63-62(64,65)61(68-69-61)43-21-18-38(19-22-43)36-72(53(74)24-25-66-35-44(73)37-78-52-17-7-13-39-10-1-2-14-45(39)52)31-26-67-59(75)42-20-23-46(60(76)77)49(34-42)54-50-32-40-11-3-5-27-70-29-8-15-47(55(40)70)57(50)79-58-48-16-9-30-71-28-6-4-12-41(56(48)71)33-51(54)58/h1-2,7,10,13-14,17-23,32-34,44,66,73H,3-6,8-9,11-12,15-16,24-31,35-37H2,(H-,67,75,76,77)/p+1/t44-/m0/s1. The van der Waals surface area contributed by atoms with Gasteiger partial charge in [-0.3, -0.25) is 9.59 Å². The van der Waals surface area contributed by atoms with E-state index in [9.17, 15) is 37.8 Å². The van der Waals surface area contributed by atoms with Crippen molar-refractivity contribution in [2.24, 2.45) is 10.2 Å². The number of rotatable bonds is 17. The molecule has 408 valence electrons. The molecule has 79 heavy (non-hydrogen) atoms. The summed E-state index contributed by atoms with van der Waals surface area (Å²) in [5, 5.41) is 38.5. The van der Waals surface area contributed by atoms with Crippen molar-refractivity contribution in [1.82, 2.24) is 20.1 Å². The third-order valence-corrected chi connectivity index (χ3v) is 16.5. The molecule has 12 rings (SSSR count). The minimum absolute atomic E-state index is 0.000656. The van der Waals surface area contributed by atoms with Gasteiger partial charge in [0.25, 0.3) is 5.91 Å². The van der Waals surface area contributed by atoms with Crippen LogP contribution in [0.5, 0.6) is 17.2 Å². The lowest BCUT2D eigenvalue weighted by atomic mass is 9.82. The maximum absolute atomic E-state index is 14.5. The van der Waals surface area contributed by atoms with Crippen LogP contribution in [-0.4, -0.2) is 104 Å². The average molecular weight is 1080 g/mol. The number of nitrogens with zero attached hydrogens (tertiary/aromatic N) is 5. The molecule has 6 aliphatic heterocycles. The largest absolute Gasteiger partial charge is 0.490 e. The van der Waals surface area contributed by atoms with Crippen LogP contribution >= 0.6 is 0 Å². The SMILES string of the molecule is O=C(NCCN(Cc1ccc(C2(C(F)(F)F)N=N2)cc1)C(=O)CCNC[C@H](O)COc1cccc2ccccc12)c1ccc(C(=O)O)c(C2=c3cc4c5c(c3Oc3c2cc2c6c3CCCN6CCCC2)CCC[N+]=5CCCC4)c1. The lowest BCUT2D eigenvalue weighted by molar-refractivity contribution is -0.166. The molecule has 1 atom stereocenters. The summed E-state index contributed by atoms with van der Waals surface area (Å²) in [6.45, 7) is 4.33. The van der Waals surface area contributed by atoms with Crippen LogP contribution in [0, 0.1) is 0 Å². The number of benzene rings is 6. The van der Waals surface area contributed by atoms with Gasteiger partial charge in [-0.25, -0.2) is 9.37 Å². The summed E-state index contributed by atoms with van der Waals surface area (Å²) >= 11 is 0. The Morgan fingerprint density at radius 1 is 0.810 bits per heavy atom. The minimum Gasteiger partial charge on any atom is -0.490 e. The molecule has 6 aromatic carbocycles. The molecule has 6 aromatic rings.